The zero-order chi connectivity index (χ0) is 18.5. The minimum atomic E-state index is -0.362. The van der Waals surface area contributed by atoms with E-state index in [4.69, 9.17) is 18.6 Å². The van der Waals surface area contributed by atoms with Gasteiger partial charge in [0, 0.05) is 23.6 Å². The molecule has 2 aromatic carbocycles. The maximum Gasteiger partial charge on any atom is 0.291 e. The largest absolute Gasteiger partial charge is 0.497 e. The Morgan fingerprint density at radius 2 is 1.92 bits per heavy atom. The van der Waals surface area contributed by atoms with Crippen LogP contribution in [0.3, 0.4) is 0 Å². The lowest BCUT2D eigenvalue weighted by Gasteiger charge is -2.11. The number of fused-ring (bicyclic) bond motifs is 1. The summed E-state index contributed by atoms with van der Waals surface area (Å²) in [4.78, 5) is 12.8. The van der Waals surface area contributed by atoms with E-state index in [1.807, 2.05) is 31.2 Å². The third-order valence-corrected chi connectivity index (χ3v) is 4.01. The fourth-order valence-electron chi connectivity index (χ4n) is 2.71. The van der Waals surface area contributed by atoms with Gasteiger partial charge in [0.15, 0.2) is 5.76 Å². The summed E-state index contributed by atoms with van der Waals surface area (Å²) >= 11 is 0. The molecule has 1 N–H and O–H groups in total. The summed E-state index contributed by atoms with van der Waals surface area (Å²) in [5.74, 6) is 1.01. The molecule has 0 bridgehead atoms. The Balaban J connectivity index is 1.95. The van der Waals surface area contributed by atoms with Crippen molar-refractivity contribution in [3.05, 3.63) is 53.8 Å². The van der Waals surface area contributed by atoms with Crippen LogP contribution in [0.25, 0.3) is 11.0 Å². The molecule has 0 radical (unpaired) electrons. The van der Waals surface area contributed by atoms with E-state index >= 15 is 0 Å². The van der Waals surface area contributed by atoms with Crippen LogP contribution < -0.4 is 14.8 Å². The molecular formula is C20H21NO5. The van der Waals surface area contributed by atoms with Crippen molar-refractivity contribution in [3.63, 3.8) is 0 Å². The number of anilines is 1. The van der Waals surface area contributed by atoms with Crippen LogP contribution in [0.2, 0.25) is 0 Å². The van der Waals surface area contributed by atoms with Gasteiger partial charge in [0.25, 0.3) is 5.91 Å². The van der Waals surface area contributed by atoms with Crippen molar-refractivity contribution in [3.8, 4) is 11.5 Å². The Bertz CT molecular complexity index is 916. The van der Waals surface area contributed by atoms with Gasteiger partial charge in [-0.3, -0.25) is 4.79 Å². The lowest BCUT2D eigenvalue weighted by atomic mass is 10.1. The monoisotopic (exact) mass is 355 g/mol. The molecule has 0 spiro atoms. The number of hydrogen-bond donors (Lipinski definition) is 1. The Labute approximate surface area is 151 Å². The summed E-state index contributed by atoms with van der Waals surface area (Å²) in [5, 5.41) is 3.71. The Hall–Kier alpha value is -2.99. The number of methoxy groups -OCH3 is 2. The zero-order valence-corrected chi connectivity index (χ0v) is 15.0. The number of carbonyl (C=O) groups is 1. The number of nitrogens with one attached hydrogen (secondary N) is 1. The van der Waals surface area contributed by atoms with Gasteiger partial charge in [-0.15, -0.1) is 0 Å². The SMILES string of the molecule is CCOCc1c(C(=O)Nc2ccc(OC)cc2OC)oc2ccccc12. The summed E-state index contributed by atoms with van der Waals surface area (Å²) in [5.41, 5.74) is 1.91. The van der Waals surface area contributed by atoms with Crippen molar-refractivity contribution < 1.29 is 23.4 Å². The van der Waals surface area contributed by atoms with Crippen LogP contribution in [0.1, 0.15) is 23.0 Å². The van der Waals surface area contributed by atoms with Gasteiger partial charge < -0.3 is 23.9 Å². The van der Waals surface area contributed by atoms with Crippen molar-refractivity contribution in [1.82, 2.24) is 0 Å². The van der Waals surface area contributed by atoms with Crippen molar-refractivity contribution >= 4 is 22.6 Å². The van der Waals surface area contributed by atoms with E-state index in [0.717, 1.165) is 10.9 Å². The number of carbonyl (C=O) groups excluding carboxylic acids is 1. The minimum Gasteiger partial charge on any atom is -0.497 e. The highest BCUT2D eigenvalue weighted by Gasteiger charge is 2.21. The van der Waals surface area contributed by atoms with Crippen LogP contribution in [-0.4, -0.2) is 26.7 Å². The highest BCUT2D eigenvalue weighted by molar-refractivity contribution is 6.07. The summed E-state index contributed by atoms with van der Waals surface area (Å²) < 4.78 is 21.8. The van der Waals surface area contributed by atoms with Gasteiger partial charge in [0.05, 0.1) is 26.5 Å². The number of ether oxygens (including phenoxy) is 3. The second-order valence-electron chi connectivity index (χ2n) is 5.56. The second-order valence-corrected chi connectivity index (χ2v) is 5.56. The summed E-state index contributed by atoms with van der Waals surface area (Å²) in [6.07, 6.45) is 0. The molecule has 0 aliphatic rings. The van der Waals surface area contributed by atoms with Crippen LogP contribution in [0.15, 0.2) is 46.9 Å². The lowest BCUT2D eigenvalue weighted by molar-refractivity contribution is 0.0984. The fraction of sp³-hybridized carbons (Fsp3) is 0.250. The standard InChI is InChI=1S/C20H21NO5/c1-4-25-12-15-14-7-5-6-8-17(14)26-19(15)20(22)21-16-10-9-13(23-2)11-18(16)24-3/h5-11H,4,12H2,1-3H3,(H,21,22). The average Bonchev–Trinajstić information content (AvgIpc) is 3.05. The molecule has 0 fully saturated rings. The number of rotatable bonds is 7. The summed E-state index contributed by atoms with van der Waals surface area (Å²) in [7, 11) is 3.10. The summed E-state index contributed by atoms with van der Waals surface area (Å²) in [6, 6.07) is 12.7. The predicted molar refractivity (Wildman–Crippen MR) is 99.0 cm³/mol. The average molecular weight is 355 g/mol. The predicted octanol–water partition coefficient (Wildman–Crippen LogP) is 4.24. The zero-order valence-electron chi connectivity index (χ0n) is 15.0. The molecule has 0 saturated carbocycles. The second kappa shape index (κ2) is 7.93. The first-order valence-corrected chi connectivity index (χ1v) is 8.29. The van der Waals surface area contributed by atoms with Crippen LogP contribution >= 0.6 is 0 Å². The number of para-hydroxylation sites is 1. The quantitative estimate of drug-likeness (QED) is 0.686. The Morgan fingerprint density at radius 1 is 1.12 bits per heavy atom. The summed E-state index contributed by atoms with van der Waals surface area (Å²) in [6.45, 7) is 2.76. The molecule has 0 aliphatic carbocycles. The topological polar surface area (TPSA) is 69.9 Å². The van der Waals surface area contributed by atoms with Gasteiger partial charge in [-0.05, 0) is 25.1 Å². The van der Waals surface area contributed by atoms with E-state index in [2.05, 4.69) is 5.32 Å². The molecule has 3 rings (SSSR count). The molecule has 26 heavy (non-hydrogen) atoms. The normalized spacial score (nSPS) is 10.7. The smallest absolute Gasteiger partial charge is 0.291 e. The number of furan rings is 1. The van der Waals surface area contributed by atoms with E-state index in [-0.39, 0.29) is 11.7 Å². The van der Waals surface area contributed by atoms with E-state index in [9.17, 15) is 4.79 Å². The molecule has 1 heterocycles. The molecule has 136 valence electrons. The van der Waals surface area contributed by atoms with Crippen LogP contribution in [-0.2, 0) is 11.3 Å². The first kappa shape index (κ1) is 17.8. The van der Waals surface area contributed by atoms with Gasteiger partial charge in [0.2, 0.25) is 0 Å². The van der Waals surface area contributed by atoms with Gasteiger partial charge in [0.1, 0.15) is 17.1 Å². The van der Waals surface area contributed by atoms with Gasteiger partial charge >= 0.3 is 0 Å². The van der Waals surface area contributed by atoms with E-state index in [1.165, 1.54) is 7.11 Å². The molecule has 0 aliphatic heterocycles. The maximum atomic E-state index is 12.8. The maximum absolute atomic E-state index is 12.8. The first-order valence-electron chi connectivity index (χ1n) is 8.29. The van der Waals surface area contributed by atoms with E-state index < -0.39 is 0 Å². The van der Waals surface area contributed by atoms with Gasteiger partial charge in [-0.25, -0.2) is 0 Å². The van der Waals surface area contributed by atoms with Gasteiger partial charge in [-0.2, -0.15) is 0 Å². The van der Waals surface area contributed by atoms with Gasteiger partial charge in [-0.1, -0.05) is 18.2 Å². The third kappa shape index (κ3) is 3.50. The molecule has 6 heteroatoms. The molecule has 6 nitrogen and oxygen atoms in total. The lowest BCUT2D eigenvalue weighted by Crippen LogP contribution is -2.14. The number of hydrogen-bond acceptors (Lipinski definition) is 5. The highest BCUT2D eigenvalue weighted by atomic mass is 16.5. The fourth-order valence-corrected chi connectivity index (χ4v) is 2.71. The van der Waals surface area contributed by atoms with Crippen LogP contribution in [0.4, 0.5) is 5.69 Å². The third-order valence-electron chi connectivity index (χ3n) is 4.01. The van der Waals surface area contributed by atoms with Crippen LogP contribution in [0, 0.1) is 0 Å². The van der Waals surface area contributed by atoms with E-state index in [1.54, 1.807) is 25.3 Å². The minimum absolute atomic E-state index is 0.234. The number of benzene rings is 2. The number of amides is 1. The van der Waals surface area contributed by atoms with Crippen molar-refractivity contribution in [1.29, 1.82) is 0 Å². The van der Waals surface area contributed by atoms with Crippen LogP contribution in [0.5, 0.6) is 11.5 Å². The van der Waals surface area contributed by atoms with Crippen molar-refractivity contribution in [2.75, 3.05) is 26.1 Å². The Morgan fingerprint density at radius 3 is 2.65 bits per heavy atom. The molecule has 3 aromatic rings. The molecule has 0 unspecified atom stereocenters. The van der Waals surface area contributed by atoms with E-state index in [0.29, 0.717) is 36.0 Å². The highest BCUT2D eigenvalue weighted by Crippen LogP contribution is 2.31. The molecule has 0 saturated heterocycles. The molecule has 1 aromatic heterocycles. The van der Waals surface area contributed by atoms with Crippen molar-refractivity contribution in [2.45, 2.75) is 13.5 Å². The molecule has 1 amide bonds. The first-order chi connectivity index (χ1) is 12.7. The Kier molecular flexibility index (Phi) is 5.43. The van der Waals surface area contributed by atoms with Crippen molar-refractivity contribution in [2.24, 2.45) is 0 Å². The molecule has 0 atom stereocenters. The molecular weight excluding hydrogens is 334 g/mol.